The first-order valence-corrected chi connectivity index (χ1v) is 6.40. The van der Waals surface area contributed by atoms with Crippen LogP contribution >= 0.6 is 27.5 Å². The first kappa shape index (κ1) is 11.7. The smallest absolute Gasteiger partial charge is 0.137 e. The minimum absolute atomic E-state index is 0.370. The van der Waals surface area contributed by atoms with Crippen LogP contribution in [0, 0.1) is 5.82 Å². The van der Waals surface area contributed by atoms with E-state index >= 15 is 0 Å². The maximum atomic E-state index is 13.8. The van der Waals surface area contributed by atoms with Crippen molar-refractivity contribution in [1.29, 1.82) is 0 Å². The SMILES string of the molecule is Fc1cc(Cl)ccc1-c1cn2cc(Br)ccc2n1. The van der Waals surface area contributed by atoms with Crippen molar-refractivity contribution in [1.82, 2.24) is 9.38 Å². The number of rotatable bonds is 1. The number of hydrogen-bond donors (Lipinski definition) is 0. The summed E-state index contributed by atoms with van der Waals surface area (Å²) in [5, 5.41) is 0.378. The van der Waals surface area contributed by atoms with Crippen LogP contribution < -0.4 is 0 Å². The minimum atomic E-state index is -0.370. The maximum Gasteiger partial charge on any atom is 0.137 e. The molecule has 0 amide bonds. The Morgan fingerprint density at radius 3 is 2.78 bits per heavy atom. The van der Waals surface area contributed by atoms with Crippen molar-refractivity contribution in [2.24, 2.45) is 0 Å². The number of hydrogen-bond acceptors (Lipinski definition) is 1. The van der Waals surface area contributed by atoms with Crippen LogP contribution in [0.2, 0.25) is 5.02 Å². The van der Waals surface area contributed by atoms with Gasteiger partial charge in [-0.05, 0) is 46.3 Å². The molecule has 3 rings (SSSR count). The molecule has 0 aliphatic heterocycles. The summed E-state index contributed by atoms with van der Waals surface area (Å²) in [5.41, 5.74) is 1.80. The van der Waals surface area contributed by atoms with Gasteiger partial charge in [0, 0.05) is 27.5 Å². The summed E-state index contributed by atoms with van der Waals surface area (Å²) in [7, 11) is 0. The second-order valence-corrected chi connectivity index (χ2v) is 5.22. The Morgan fingerprint density at radius 1 is 1.17 bits per heavy atom. The van der Waals surface area contributed by atoms with Gasteiger partial charge in [0.05, 0.1) is 5.69 Å². The lowest BCUT2D eigenvalue weighted by Gasteiger charge is -1.98. The molecule has 0 unspecified atom stereocenters. The van der Waals surface area contributed by atoms with E-state index in [2.05, 4.69) is 20.9 Å². The zero-order chi connectivity index (χ0) is 12.7. The van der Waals surface area contributed by atoms with Gasteiger partial charge in [-0.1, -0.05) is 11.6 Å². The predicted octanol–water partition coefficient (Wildman–Crippen LogP) is 4.56. The maximum absolute atomic E-state index is 13.8. The molecule has 0 bridgehead atoms. The number of nitrogens with zero attached hydrogens (tertiary/aromatic N) is 2. The third-order valence-electron chi connectivity index (χ3n) is 2.62. The molecule has 0 fully saturated rings. The summed E-state index contributed by atoms with van der Waals surface area (Å²) in [6.45, 7) is 0. The van der Waals surface area contributed by atoms with E-state index in [0.29, 0.717) is 16.3 Å². The minimum Gasteiger partial charge on any atom is -0.305 e. The van der Waals surface area contributed by atoms with Crippen molar-refractivity contribution >= 4 is 33.2 Å². The molecule has 5 heteroatoms. The highest BCUT2D eigenvalue weighted by atomic mass is 79.9. The number of halogens is 3. The van der Waals surface area contributed by atoms with Crippen molar-refractivity contribution < 1.29 is 4.39 Å². The van der Waals surface area contributed by atoms with Crippen molar-refractivity contribution in [2.75, 3.05) is 0 Å². The van der Waals surface area contributed by atoms with Crippen LogP contribution in [-0.2, 0) is 0 Å². The molecule has 3 aromatic rings. The molecule has 0 saturated carbocycles. The standard InChI is InChI=1S/C13H7BrClFN2/c14-8-1-4-13-17-12(7-18(13)6-8)10-3-2-9(15)5-11(10)16/h1-7H. The number of fused-ring (bicyclic) bond motifs is 1. The second kappa shape index (κ2) is 4.37. The van der Waals surface area contributed by atoms with E-state index in [1.807, 2.05) is 22.7 Å². The fourth-order valence-corrected chi connectivity index (χ4v) is 2.30. The van der Waals surface area contributed by atoms with Crippen molar-refractivity contribution in [3.63, 3.8) is 0 Å². The molecule has 2 nitrogen and oxygen atoms in total. The average molecular weight is 326 g/mol. The summed E-state index contributed by atoms with van der Waals surface area (Å²) in [6, 6.07) is 8.33. The Bertz CT molecular complexity index is 739. The van der Waals surface area contributed by atoms with Gasteiger partial charge in [-0.3, -0.25) is 0 Å². The van der Waals surface area contributed by atoms with Crippen LogP contribution in [0.25, 0.3) is 16.9 Å². The largest absolute Gasteiger partial charge is 0.305 e. The normalized spacial score (nSPS) is 11.1. The van der Waals surface area contributed by atoms with Gasteiger partial charge in [0.1, 0.15) is 11.5 Å². The highest BCUT2D eigenvalue weighted by Gasteiger charge is 2.09. The molecule has 0 radical (unpaired) electrons. The molecule has 2 aromatic heterocycles. The fourth-order valence-electron chi connectivity index (χ4n) is 1.79. The van der Waals surface area contributed by atoms with E-state index in [9.17, 15) is 4.39 Å². The molecule has 90 valence electrons. The van der Waals surface area contributed by atoms with E-state index in [4.69, 9.17) is 11.6 Å². The Morgan fingerprint density at radius 2 is 2.00 bits per heavy atom. The van der Waals surface area contributed by atoms with Crippen LogP contribution in [0.3, 0.4) is 0 Å². The molecular formula is C13H7BrClFN2. The number of pyridine rings is 1. The monoisotopic (exact) mass is 324 g/mol. The molecular weight excluding hydrogens is 319 g/mol. The number of benzene rings is 1. The lowest BCUT2D eigenvalue weighted by atomic mass is 10.1. The van der Waals surface area contributed by atoms with Crippen LogP contribution in [0.4, 0.5) is 4.39 Å². The summed E-state index contributed by atoms with van der Waals surface area (Å²) >= 11 is 9.11. The van der Waals surface area contributed by atoms with Gasteiger partial charge in [-0.2, -0.15) is 0 Å². The number of aromatic nitrogens is 2. The van der Waals surface area contributed by atoms with E-state index < -0.39 is 0 Å². The quantitative estimate of drug-likeness (QED) is 0.641. The van der Waals surface area contributed by atoms with E-state index in [0.717, 1.165) is 10.1 Å². The van der Waals surface area contributed by atoms with E-state index in [1.165, 1.54) is 6.07 Å². The molecule has 0 aliphatic carbocycles. The van der Waals surface area contributed by atoms with Crippen LogP contribution in [0.5, 0.6) is 0 Å². The van der Waals surface area contributed by atoms with Gasteiger partial charge in [-0.25, -0.2) is 9.37 Å². The Kier molecular flexibility index (Phi) is 2.84. The molecule has 2 heterocycles. The van der Waals surface area contributed by atoms with Crippen molar-refractivity contribution in [3.05, 3.63) is 58.0 Å². The zero-order valence-corrected chi connectivity index (χ0v) is 11.4. The second-order valence-electron chi connectivity index (χ2n) is 3.86. The molecule has 0 N–H and O–H groups in total. The predicted molar refractivity (Wildman–Crippen MR) is 73.3 cm³/mol. The highest BCUT2D eigenvalue weighted by molar-refractivity contribution is 9.10. The highest BCUT2D eigenvalue weighted by Crippen LogP contribution is 2.25. The third-order valence-corrected chi connectivity index (χ3v) is 3.33. The number of imidazole rings is 1. The van der Waals surface area contributed by atoms with Gasteiger partial charge >= 0.3 is 0 Å². The summed E-state index contributed by atoms with van der Waals surface area (Å²) in [5.74, 6) is -0.370. The molecule has 1 aromatic carbocycles. The van der Waals surface area contributed by atoms with Gasteiger partial charge in [0.25, 0.3) is 0 Å². The van der Waals surface area contributed by atoms with Gasteiger partial charge in [-0.15, -0.1) is 0 Å². The Balaban J connectivity index is 2.19. The topological polar surface area (TPSA) is 17.3 Å². The van der Waals surface area contributed by atoms with E-state index in [-0.39, 0.29) is 5.82 Å². The summed E-state index contributed by atoms with van der Waals surface area (Å²) < 4.78 is 16.6. The van der Waals surface area contributed by atoms with Crippen molar-refractivity contribution in [3.8, 4) is 11.3 Å². The van der Waals surface area contributed by atoms with Gasteiger partial charge in [0.2, 0.25) is 0 Å². The molecule has 0 saturated heterocycles. The van der Waals surface area contributed by atoms with E-state index in [1.54, 1.807) is 18.3 Å². The first-order valence-electron chi connectivity index (χ1n) is 5.23. The zero-order valence-electron chi connectivity index (χ0n) is 9.07. The molecule has 18 heavy (non-hydrogen) atoms. The summed E-state index contributed by atoms with van der Waals surface area (Å²) in [4.78, 5) is 4.37. The van der Waals surface area contributed by atoms with Crippen LogP contribution in [0.1, 0.15) is 0 Å². The first-order chi connectivity index (χ1) is 8.63. The average Bonchev–Trinajstić information content (AvgIpc) is 2.71. The molecule has 0 atom stereocenters. The third kappa shape index (κ3) is 2.02. The van der Waals surface area contributed by atoms with Gasteiger partial charge < -0.3 is 4.40 Å². The van der Waals surface area contributed by atoms with Crippen LogP contribution in [0.15, 0.2) is 47.2 Å². The lowest BCUT2D eigenvalue weighted by molar-refractivity contribution is 0.631. The summed E-state index contributed by atoms with van der Waals surface area (Å²) in [6.07, 6.45) is 3.66. The van der Waals surface area contributed by atoms with Crippen LogP contribution in [-0.4, -0.2) is 9.38 Å². The molecule has 0 aliphatic rings. The molecule has 0 spiro atoms. The Labute approximate surface area is 116 Å². The Hall–Kier alpha value is -1.39. The lowest BCUT2D eigenvalue weighted by Crippen LogP contribution is -1.83. The van der Waals surface area contributed by atoms with Crippen molar-refractivity contribution in [2.45, 2.75) is 0 Å². The van der Waals surface area contributed by atoms with Gasteiger partial charge in [0.15, 0.2) is 0 Å². The fraction of sp³-hybridized carbons (Fsp3) is 0.